The van der Waals surface area contributed by atoms with Gasteiger partial charge in [-0.2, -0.15) is 0 Å². The molecule has 3 heterocycles. The highest BCUT2D eigenvalue weighted by Gasteiger charge is 2.35. The maximum Gasteiger partial charge on any atom is 0.317 e. The third-order valence-electron chi connectivity index (χ3n) is 4.85. The van der Waals surface area contributed by atoms with Crippen molar-refractivity contribution in [2.45, 2.75) is 38.5 Å². The maximum absolute atomic E-state index is 11.6. The molecule has 2 amide bonds. The van der Waals surface area contributed by atoms with E-state index in [2.05, 4.69) is 42.3 Å². The Labute approximate surface area is 131 Å². The van der Waals surface area contributed by atoms with Crippen molar-refractivity contribution in [3.63, 3.8) is 0 Å². The van der Waals surface area contributed by atoms with E-state index in [4.69, 9.17) is 4.74 Å². The second-order valence-electron chi connectivity index (χ2n) is 7.25. The van der Waals surface area contributed by atoms with Gasteiger partial charge < -0.3 is 15.0 Å². The van der Waals surface area contributed by atoms with Gasteiger partial charge in [0.2, 0.25) is 0 Å². The van der Waals surface area contributed by atoms with E-state index < -0.39 is 0 Å². The molecule has 1 aromatic carbocycles. The van der Waals surface area contributed by atoms with Crippen molar-refractivity contribution in [2.24, 2.45) is 0 Å². The molecule has 0 aliphatic carbocycles. The van der Waals surface area contributed by atoms with Crippen molar-refractivity contribution < 1.29 is 9.53 Å². The van der Waals surface area contributed by atoms with E-state index >= 15 is 0 Å². The molecule has 4 rings (SSSR count). The monoisotopic (exact) mass is 301 g/mol. The summed E-state index contributed by atoms with van der Waals surface area (Å²) in [5, 5.41) is 2.93. The van der Waals surface area contributed by atoms with Crippen LogP contribution in [-0.2, 0) is 13.0 Å². The Bertz CT molecular complexity index is 614. The highest BCUT2D eigenvalue weighted by Crippen LogP contribution is 2.35. The van der Waals surface area contributed by atoms with E-state index in [0.29, 0.717) is 6.04 Å². The number of nitrogens with one attached hydrogen (secondary N) is 1. The average Bonchev–Trinajstić information content (AvgIpc) is 2.97. The first-order chi connectivity index (χ1) is 10.5. The number of fused-ring (bicyclic) bond motifs is 2. The summed E-state index contributed by atoms with van der Waals surface area (Å²) in [5.74, 6) is 1.03. The quantitative estimate of drug-likeness (QED) is 0.902. The first-order valence-electron chi connectivity index (χ1n) is 8.08. The van der Waals surface area contributed by atoms with Crippen molar-refractivity contribution in [1.29, 1.82) is 0 Å². The van der Waals surface area contributed by atoms with Gasteiger partial charge >= 0.3 is 6.03 Å². The lowest BCUT2D eigenvalue weighted by molar-refractivity contribution is 0.116. The van der Waals surface area contributed by atoms with Crippen LogP contribution < -0.4 is 10.1 Å². The number of hydrogen-bond acceptors (Lipinski definition) is 3. The number of hydrogen-bond donors (Lipinski definition) is 1. The molecule has 0 spiro atoms. The SMILES string of the molecule is CC1(C)Cc2cc(CN3CCN4C(=O)NCC4C3)ccc2O1. The fraction of sp³-hybridized carbons (Fsp3) is 0.588. The topological polar surface area (TPSA) is 44.8 Å². The fourth-order valence-electron chi connectivity index (χ4n) is 3.83. The molecule has 2 fully saturated rings. The molecule has 1 atom stereocenters. The van der Waals surface area contributed by atoms with E-state index in [1.165, 1.54) is 11.1 Å². The minimum atomic E-state index is -0.0809. The van der Waals surface area contributed by atoms with Crippen LogP contribution in [0.3, 0.4) is 0 Å². The van der Waals surface area contributed by atoms with Gasteiger partial charge in [0, 0.05) is 39.1 Å². The molecule has 0 radical (unpaired) electrons. The number of carbonyl (C=O) groups is 1. The van der Waals surface area contributed by atoms with Gasteiger partial charge in [-0.1, -0.05) is 12.1 Å². The minimum Gasteiger partial charge on any atom is -0.487 e. The number of amides is 2. The van der Waals surface area contributed by atoms with Crippen LogP contribution in [0.5, 0.6) is 5.75 Å². The van der Waals surface area contributed by atoms with E-state index in [-0.39, 0.29) is 11.6 Å². The van der Waals surface area contributed by atoms with Crippen molar-refractivity contribution in [2.75, 3.05) is 26.2 Å². The Morgan fingerprint density at radius 3 is 3.09 bits per heavy atom. The maximum atomic E-state index is 11.6. The third kappa shape index (κ3) is 2.43. The van der Waals surface area contributed by atoms with Crippen LogP contribution in [-0.4, -0.2) is 53.7 Å². The van der Waals surface area contributed by atoms with E-state index in [9.17, 15) is 4.79 Å². The molecular formula is C17H23N3O2. The van der Waals surface area contributed by atoms with E-state index in [0.717, 1.165) is 44.9 Å². The van der Waals surface area contributed by atoms with Crippen LogP contribution in [0, 0.1) is 0 Å². The van der Waals surface area contributed by atoms with Crippen molar-refractivity contribution in [3.05, 3.63) is 29.3 Å². The first-order valence-corrected chi connectivity index (χ1v) is 8.08. The Morgan fingerprint density at radius 2 is 2.23 bits per heavy atom. The van der Waals surface area contributed by atoms with Crippen LogP contribution in [0.1, 0.15) is 25.0 Å². The summed E-state index contributed by atoms with van der Waals surface area (Å²) in [6, 6.07) is 7.00. The van der Waals surface area contributed by atoms with Crippen molar-refractivity contribution in [1.82, 2.24) is 15.1 Å². The predicted molar refractivity (Wildman–Crippen MR) is 84.0 cm³/mol. The second-order valence-corrected chi connectivity index (χ2v) is 7.25. The largest absolute Gasteiger partial charge is 0.487 e. The lowest BCUT2D eigenvalue weighted by Gasteiger charge is -2.36. The predicted octanol–water partition coefficient (Wildman–Crippen LogP) is 1.61. The molecule has 1 N–H and O–H groups in total. The number of urea groups is 1. The van der Waals surface area contributed by atoms with E-state index in [1.54, 1.807) is 0 Å². The molecule has 0 bridgehead atoms. The number of rotatable bonds is 2. The second kappa shape index (κ2) is 4.88. The molecule has 1 unspecified atom stereocenters. The van der Waals surface area contributed by atoms with Gasteiger partial charge in [-0.05, 0) is 31.0 Å². The number of piperazine rings is 1. The van der Waals surface area contributed by atoms with Gasteiger partial charge in [-0.15, -0.1) is 0 Å². The molecule has 1 aromatic rings. The zero-order chi connectivity index (χ0) is 15.3. The Morgan fingerprint density at radius 1 is 1.36 bits per heavy atom. The summed E-state index contributed by atoms with van der Waals surface area (Å²) in [6.45, 7) is 8.73. The Kier molecular flexibility index (Phi) is 3.08. The number of ether oxygens (including phenoxy) is 1. The van der Waals surface area contributed by atoms with Crippen LogP contribution in [0.2, 0.25) is 0 Å². The molecular weight excluding hydrogens is 278 g/mol. The Hall–Kier alpha value is -1.75. The van der Waals surface area contributed by atoms with E-state index in [1.807, 2.05) is 4.90 Å². The van der Waals surface area contributed by atoms with Gasteiger partial charge in [-0.3, -0.25) is 4.90 Å². The summed E-state index contributed by atoms with van der Waals surface area (Å²) in [7, 11) is 0. The van der Waals surface area contributed by atoms with Gasteiger partial charge in [0.15, 0.2) is 0 Å². The molecule has 3 aliphatic heterocycles. The standard InChI is InChI=1S/C17H23N3O2/c1-17(2)8-13-7-12(3-4-15(13)22-17)10-19-5-6-20-14(11-19)9-18-16(20)21/h3-4,7,14H,5-6,8-11H2,1-2H3,(H,18,21). The molecule has 2 saturated heterocycles. The zero-order valence-corrected chi connectivity index (χ0v) is 13.3. The summed E-state index contributed by atoms with van der Waals surface area (Å²) < 4.78 is 5.94. The smallest absolute Gasteiger partial charge is 0.317 e. The van der Waals surface area contributed by atoms with Gasteiger partial charge in [0.1, 0.15) is 11.4 Å². The highest BCUT2D eigenvalue weighted by molar-refractivity contribution is 5.77. The van der Waals surface area contributed by atoms with Gasteiger partial charge in [0.25, 0.3) is 0 Å². The Balaban J connectivity index is 1.44. The summed E-state index contributed by atoms with van der Waals surface area (Å²) in [4.78, 5) is 16.1. The van der Waals surface area contributed by atoms with Crippen LogP contribution in [0.15, 0.2) is 18.2 Å². The average molecular weight is 301 g/mol. The molecule has 0 aromatic heterocycles. The molecule has 118 valence electrons. The van der Waals surface area contributed by atoms with Gasteiger partial charge in [0.05, 0.1) is 6.04 Å². The van der Waals surface area contributed by atoms with Crippen LogP contribution in [0.4, 0.5) is 4.79 Å². The highest BCUT2D eigenvalue weighted by atomic mass is 16.5. The van der Waals surface area contributed by atoms with Crippen LogP contribution >= 0.6 is 0 Å². The lowest BCUT2D eigenvalue weighted by Crippen LogP contribution is -2.51. The molecule has 5 nitrogen and oxygen atoms in total. The van der Waals surface area contributed by atoms with Gasteiger partial charge in [-0.25, -0.2) is 4.79 Å². The summed E-state index contributed by atoms with van der Waals surface area (Å²) >= 11 is 0. The molecule has 5 heteroatoms. The molecule has 3 aliphatic rings. The fourth-order valence-corrected chi connectivity index (χ4v) is 3.83. The normalized spacial score (nSPS) is 26.4. The number of nitrogens with zero attached hydrogens (tertiary/aromatic N) is 2. The number of carbonyl (C=O) groups excluding carboxylic acids is 1. The van der Waals surface area contributed by atoms with Crippen molar-refractivity contribution in [3.8, 4) is 5.75 Å². The van der Waals surface area contributed by atoms with Crippen LogP contribution in [0.25, 0.3) is 0 Å². The minimum absolute atomic E-state index is 0.0809. The number of benzene rings is 1. The molecule has 22 heavy (non-hydrogen) atoms. The lowest BCUT2D eigenvalue weighted by atomic mass is 10.00. The zero-order valence-electron chi connectivity index (χ0n) is 13.3. The summed E-state index contributed by atoms with van der Waals surface area (Å²) in [6.07, 6.45) is 0.977. The molecule has 0 saturated carbocycles. The van der Waals surface area contributed by atoms with Crippen molar-refractivity contribution >= 4 is 6.03 Å². The summed E-state index contributed by atoms with van der Waals surface area (Å²) in [5.41, 5.74) is 2.58. The first kappa shape index (κ1) is 13.9. The third-order valence-corrected chi connectivity index (χ3v) is 4.85.